The highest BCUT2D eigenvalue weighted by molar-refractivity contribution is 5.82. The Morgan fingerprint density at radius 1 is 1.27 bits per heavy atom. The highest BCUT2D eigenvalue weighted by atomic mass is 16.2. The highest BCUT2D eigenvalue weighted by Gasteiger charge is 2.43. The van der Waals surface area contributed by atoms with Crippen molar-refractivity contribution in [3.05, 3.63) is 71.2 Å². The molecule has 4 rings (SSSR count). The number of fused-ring (bicyclic) bond motifs is 1. The number of benzene rings is 1. The molecule has 1 aromatic carbocycles. The van der Waals surface area contributed by atoms with Crippen LogP contribution in [0.25, 0.3) is 5.65 Å². The van der Waals surface area contributed by atoms with E-state index < -0.39 is 0 Å². The van der Waals surface area contributed by atoms with Crippen LogP contribution >= 0.6 is 0 Å². The number of amides is 1. The van der Waals surface area contributed by atoms with Gasteiger partial charge in [0.05, 0.1) is 12.2 Å². The van der Waals surface area contributed by atoms with Crippen LogP contribution in [0.4, 0.5) is 0 Å². The van der Waals surface area contributed by atoms with Crippen molar-refractivity contribution in [2.45, 2.75) is 45.6 Å². The van der Waals surface area contributed by atoms with Crippen molar-refractivity contribution in [1.82, 2.24) is 14.7 Å². The van der Waals surface area contributed by atoms with E-state index in [0.29, 0.717) is 18.4 Å². The van der Waals surface area contributed by atoms with Crippen molar-refractivity contribution in [3.63, 3.8) is 0 Å². The molecule has 1 fully saturated rings. The van der Waals surface area contributed by atoms with Crippen molar-refractivity contribution < 1.29 is 4.79 Å². The summed E-state index contributed by atoms with van der Waals surface area (Å²) in [7, 11) is 0. The number of nitrogens with zero attached hydrogens (tertiary/aromatic N) is 2. The number of rotatable bonds is 5. The molecular formula is C22H25N3O. The summed E-state index contributed by atoms with van der Waals surface area (Å²) in [4.78, 5) is 17.1. The average molecular weight is 347 g/mol. The molecule has 2 aromatic heterocycles. The van der Waals surface area contributed by atoms with Gasteiger partial charge in [-0.3, -0.25) is 4.79 Å². The molecule has 2 atom stereocenters. The molecule has 2 heterocycles. The van der Waals surface area contributed by atoms with E-state index in [1.807, 2.05) is 35.9 Å². The largest absolute Gasteiger partial charge is 0.350 e. The monoisotopic (exact) mass is 347 g/mol. The quantitative estimate of drug-likeness (QED) is 0.752. The number of hydrogen-bond acceptors (Lipinski definition) is 2. The molecule has 0 aliphatic heterocycles. The molecule has 1 saturated carbocycles. The lowest BCUT2D eigenvalue weighted by atomic mass is 10.00. The fourth-order valence-corrected chi connectivity index (χ4v) is 3.58. The van der Waals surface area contributed by atoms with Crippen LogP contribution in [-0.2, 0) is 11.3 Å². The maximum atomic E-state index is 12.5. The van der Waals surface area contributed by atoms with Crippen LogP contribution in [0.15, 0.2) is 48.8 Å². The van der Waals surface area contributed by atoms with Crippen LogP contribution in [0, 0.1) is 12.8 Å². The third kappa shape index (κ3) is 3.24. The molecule has 0 saturated heterocycles. The molecule has 0 bridgehead atoms. The van der Waals surface area contributed by atoms with Gasteiger partial charge in [-0.15, -0.1) is 0 Å². The third-order valence-electron chi connectivity index (χ3n) is 5.33. The van der Waals surface area contributed by atoms with Crippen LogP contribution < -0.4 is 5.32 Å². The predicted octanol–water partition coefficient (Wildman–Crippen LogP) is 4.19. The lowest BCUT2D eigenvalue weighted by Crippen LogP contribution is -2.25. The molecular weight excluding hydrogens is 322 g/mol. The van der Waals surface area contributed by atoms with Gasteiger partial charge in [-0.05, 0) is 47.9 Å². The van der Waals surface area contributed by atoms with Gasteiger partial charge in [0.25, 0.3) is 0 Å². The van der Waals surface area contributed by atoms with E-state index >= 15 is 0 Å². The van der Waals surface area contributed by atoms with Gasteiger partial charge < -0.3 is 9.72 Å². The van der Waals surface area contributed by atoms with Gasteiger partial charge in [-0.2, -0.15) is 0 Å². The summed E-state index contributed by atoms with van der Waals surface area (Å²) in [5.41, 5.74) is 5.60. The Balaban J connectivity index is 1.36. The van der Waals surface area contributed by atoms with E-state index in [9.17, 15) is 4.79 Å². The summed E-state index contributed by atoms with van der Waals surface area (Å²) in [6.45, 7) is 6.92. The molecule has 2 unspecified atom stereocenters. The smallest absolute Gasteiger partial charge is 0.224 e. The maximum absolute atomic E-state index is 12.5. The summed E-state index contributed by atoms with van der Waals surface area (Å²) < 4.78 is 2.01. The topological polar surface area (TPSA) is 46.4 Å². The summed E-state index contributed by atoms with van der Waals surface area (Å²) >= 11 is 0. The van der Waals surface area contributed by atoms with E-state index in [1.165, 1.54) is 11.1 Å². The minimum Gasteiger partial charge on any atom is -0.350 e. The Hall–Kier alpha value is -2.62. The molecule has 26 heavy (non-hydrogen) atoms. The van der Waals surface area contributed by atoms with Gasteiger partial charge in [-0.25, -0.2) is 4.98 Å². The van der Waals surface area contributed by atoms with Gasteiger partial charge in [0.1, 0.15) is 5.65 Å². The molecule has 134 valence electrons. The average Bonchev–Trinajstić information content (AvgIpc) is 3.32. The Morgan fingerprint density at radius 2 is 2.04 bits per heavy atom. The molecule has 1 aliphatic carbocycles. The molecule has 0 radical (unpaired) electrons. The van der Waals surface area contributed by atoms with E-state index in [0.717, 1.165) is 23.3 Å². The van der Waals surface area contributed by atoms with Gasteiger partial charge in [0.15, 0.2) is 0 Å². The second kappa shape index (κ2) is 6.60. The zero-order valence-corrected chi connectivity index (χ0v) is 15.6. The molecule has 4 heteroatoms. The van der Waals surface area contributed by atoms with Crippen molar-refractivity contribution in [3.8, 4) is 0 Å². The molecule has 1 N–H and O–H groups in total. The van der Waals surface area contributed by atoms with E-state index in [2.05, 4.69) is 48.4 Å². The lowest BCUT2D eigenvalue weighted by Gasteiger charge is -2.07. The first-order chi connectivity index (χ1) is 12.5. The van der Waals surface area contributed by atoms with Crippen LogP contribution in [0.1, 0.15) is 54.5 Å². The Kier molecular flexibility index (Phi) is 4.27. The van der Waals surface area contributed by atoms with Crippen molar-refractivity contribution in [2.75, 3.05) is 0 Å². The molecule has 3 aromatic rings. The molecule has 1 aliphatic rings. The van der Waals surface area contributed by atoms with Gasteiger partial charge in [0, 0.05) is 18.3 Å². The Labute approximate surface area is 154 Å². The first-order valence-electron chi connectivity index (χ1n) is 9.33. The van der Waals surface area contributed by atoms with Crippen LogP contribution in [0.5, 0.6) is 0 Å². The van der Waals surface area contributed by atoms with Crippen LogP contribution in [0.3, 0.4) is 0 Å². The number of aryl methyl sites for hydroxylation is 1. The number of aromatic nitrogens is 2. The van der Waals surface area contributed by atoms with E-state index in [4.69, 9.17) is 0 Å². The van der Waals surface area contributed by atoms with Crippen LogP contribution in [-0.4, -0.2) is 15.3 Å². The Bertz CT molecular complexity index is 940. The summed E-state index contributed by atoms with van der Waals surface area (Å²) in [5.74, 6) is 1.13. The number of nitrogens with one attached hydrogen (secondary N) is 1. The van der Waals surface area contributed by atoms with Gasteiger partial charge in [-0.1, -0.05) is 44.2 Å². The number of pyridine rings is 1. The van der Waals surface area contributed by atoms with Gasteiger partial charge in [0.2, 0.25) is 5.91 Å². The maximum Gasteiger partial charge on any atom is 0.224 e. The van der Waals surface area contributed by atoms with Crippen molar-refractivity contribution in [1.29, 1.82) is 0 Å². The Morgan fingerprint density at radius 3 is 2.73 bits per heavy atom. The number of carbonyl (C=O) groups is 1. The number of carbonyl (C=O) groups excluding carboxylic acids is 1. The van der Waals surface area contributed by atoms with Crippen molar-refractivity contribution >= 4 is 11.6 Å². The van der Waals surface area contributed by atoms with Gasteiger partial charge >= 0.3 is 0 Å². The number of imidazole rings is 1. The fourth-order valence-electron chi connectivity index (χ4n) is 3.58. The van der Waals surface area contributed by atoms with Crippen LogP contribution in [0.2, 0.25) is 0 Å². The number of hydrogen-bond donors (Lipinski definition) is 1. The van der Waals surface area contributed by atoms with E-state index in [-0.39, 0.29) is 11.8 Å². The lowest BCUT2D eigenvalue weighted by molar-refractivity contribution is -0.122. The second-order valence-electron chi connectivity index (χ2n) is 7.64. The SMILES string of the molecule is Cc1cccn2cc(CNC(=O)C3CC3c3ccc(C(C)C)cc3)nc12. The zero-order valence-electron chi connectivity index (χ0n) is 15.6. The molecule has 4 nitrogen and oxygen atoms in total. The highest BCUT2D eigenvalue weighted by Crippen LogP contribution is 2.47. The minimum absolute atomic E-state index is 0.0960. The standard InChI is InChI=1S/C22H25N3O/c1-14(2)16-6-8-17(9-7-16)19-11-20(19)22(26)23-12-18-13-25-10-4-5-15(3)21(25)24-18/h4-10,13-14,19-20H,11-12H2,1-3H3,(H,23,26). The van der Waals surface area contributed by atoms with Crippen molar-refractivity contribution in [2.24, 2.45) is 5.92 Å². The zero-order chi connectivity index (χ0) is 18.3. The fraction of sp³-hybridized carbons (Fsp3) is 0.364. The first-order valence-corrected chi connectivity index (χ1v) is 9.33. The predicted molar refractivity (Wildman–Crippen MR) is 103 cm³/mol. The normalized spacial score (nSPS) is 19.1. The van der Waals surface area contributed by atoms with E-state index in [1.54, 1.807) is 0 Å². The second-order valence-corrected chi connectivity index (χ2v) is 7.64. The first kappa shape index (κ1) is 16.8. The molecule has 0 spiro atoms. The summed E-state index contributed by atoms with van der Waals surface area (Å²) in [6.07, 6.45) is 4.91. The summed E-state index contributed by atoms with van der Waals surface area (Å²) in [6, 6.07) is 12.8. The summed E-state index contributed by atoms with van der Waals surface area (Å²) in [5, 5.41) is 3.06. The minimum atomic E-state index is 0.0960. The third-order valence-corrected chi connectivity index (χ3v) is 5.33. The molecule has 1 amide bonds.